The van der Waals surface area contributed by atoms with Gasteiger partial charge in [0.2, 0.25) is 5.91 Å². The minimum atomic E-state index is -0.879. The molecule has 1 amide bonds. The lowest BCUT2D eigenvalue weighted by Gasteiger charge is -2.18. The van der Waals surface area contributed by atoms with E-state index in [1.807, 2.05) is 44.2 Å². The molecule has 1 aromatic heterocycles. The van der Waals surface area contributed by atoms with Crippen LogP contribution in [0.1, 0.15) is 45.7 Å². The number of fused-ring (bicyclic) bond motifs is 1. The SMILES string of the molecule is CCOC(=O)[C@H](N)CCC(=O)N[C@@H](Cc1cc2ccccc2[nH]1)C(=O)OCCC(C)C. The maximum atomic E-state index is 12.7. The summed E-state index contributed by atoms with van der Waals surface area (Å²) in [6.07, 6.45) is 1.15. The maximum Gasteiger partial charge on any atom is 0.329 e. The third kappa shape index (κ3) is 8.05. The molecule has 1 heterocycles. The van der Waals surface area contributed by atoms with Gasteiger partial charge in [-0.25, -0.2) is 4.79 Å². The average Bonchev–Trinajstić information content (AvgIpc) is 3.13. The molecular formula is C23H33N3O5. The Bertz CT molecular complexity index is 844. The highest BCUT2D eigenvalue weighted by Crippen LogP contribution is 2.16. The predicted molar refractivity (Wildman–Crippen MR) is 118 cm³/mol. The molecule has 0 fully saturated rings. The number of aromatic amines is 1. The Kier molecular flexibility index (Phi) is 9.52. The van der Waals surface area contributed by atoms with Crippen LogP contribution in [0.5, 0.6) is 0 Å². The zero-order chi connectivity index (χ0) is 22.8. The number of carbonyl (C=O) groups excluding carboxylic acids is 3. The molecule has 0 radical (unpaired) electrons. The van der Waals surface area contributed by atoms with E-state index in [0.717, 1.165) is 23.0 Å². The number of hydrogen-bond acceptors (Lipinski definition) is 6. The van der Waals surface area contributed by atoms with Crippen molar-refractivity contribution in [2.24, 2.45) is 11.7 Å². The summed E-state index contributed by atoms with van der Waals surface area (Å²) in [6.45, 7) is 6.31. The summed E-state index contributed by atoms with van der Waals surface area (Å²) >= 11 is 0. The summed E-state index contributed by atoms with van der Waals surface area (Å²) in [5, 5.41) is 3.76. The summed E-state index contributed by atoms with van der Waals surface area (Å²) in [6, 6.07) is 8.01. The minimum Gasteiger partial charge on any atom is -0.465 e. The number of benzene rings is 1. The molecule has 0 aliphatic carbocycles. The molecule has 0 aliphatic rings. The van der Waals surface area contributed by atoms with Crippen LogP contribution < -0.4 is 11.1 Å². The van der Waals surface area contributed by atoms with E-state index in [-0.39, 0.29) is 31.8 Å². The van der Waals surface area contributed by atoms with Gasteiger partial charge in [-0.1, -0.05) is 32.0 Å². The second kappa shape index (κ2) is 12.1. The van der Waals surface area contributed by atoms with Gasteiger partial charge in [0.05, 0.1) is 13.2 Å². The third-order valence-electron chi connectivity index (χ3n) is 4.84. The molecule has 0 bridgehead atoms. The van der Waals surface area contributed by atoms with Crippen molar-refractivity contribution in [2.75, 3.05) is 13.2 Å². The number of carbonyl (C=O) groups is 3. The molecule has 4 N–H and O–H groups in total. The van der Waals surface area contributed by atoms with Crippen molar-refractivity contribution in [3.8, 4) is 0 Å². The largest absolute Gasteiger partial charge is 0.465 e. The number of para-hydroxylation sites is 1. The monoisotopic (exact) mass is 431 g/mol. The van der Waals surface area contributed by atoms with E-state index < -0.39 is 24.0 Å². The van der Waals surface area contributed by atoms with Gasteiger partial charge in [-0.2, -0.15) is 0 Å². The van der Waals surface area contributed by atoms with Crippen molar-refractivity contribution in [2.45, 2.75) is 58.5 Å². The molecule has 0 spiro atoms. The van der Waals surface area contributed by atoms with Gasteiger partial charge in [0.1, 0.15) is 12.1 Å². The maximum absolute atomic E-state index is 12.7. The molecule has 0 aliphatic heterocycles. The van der Waals surface area contributed by atoms with E-state index in [1.165, 1.54) is 0 Å². The van der Waals surface area contributed by atoms with Crippen molar-refractivity contribution in [1.29, 1.82) is 0 Å². The zero-order valence-corrected chi connectivity index (χ0v) is 18.5. The van der Waals surface area contributed by atoms with Crippen LogP contribution in [-0.2, 0) is 30.3 Å². The number of esters is 2. The molecule has 0 saturated carbocycles. The molecule has 0 unspecified atom stereocenters. The van der Waals surface area contributed by atoms with Crippen molar-refractivity contribution < 1.29 is 23.9 Å². The van der Waals surface area contributed by atoms with Gasteiger partial charge in [0.25, 0.3) is 0 Å². The normalized spacial score (nSPS) is 13.1. The second-order valence-electron chi connectivity index (χ2n) is 7.95. The highest BCUT2D eigenvalue weighted by molar-refractivity contribution is 5.86. The van der Waals surface area contributed by atoms with Crippen LogP contribution in [0, 0.1) is 5.92 Å². The van der Waals surface area contributed by atoms with Gasteiger partial charge >= 0.3 is 11.9 Å². The van der Waals surface area contributed by atoms with E-state index >= 15 is 0 Å². The standard InChI is InChI=1S/C23H33N3O5/c1-4-30-22(28)18(24)9-10-21(27)26-20(23(29)31-12-11-15(2)3)14-17-13-16-7-5-6-8-19(16)25-17/h5-8,13,15,18,20,25H,4,9-12,14,24H2,1-3H3,(H,26,27)/t18-,20+/m1/s1. The fourth-order valence-electron chi connectivity index (χ4n) is 3.07. The van der Waals surface area contributed by atoms with Gasteiger partial charge in [-0.3, -0.25) is 9.59 Å². The first-order valence-electron chi connectivity index (χ1n) is 10.7. The fraction of sp³-hybridized carbons (Fsp3) is 0.522. The number of rotatable bonds is 12. The fourth-order valence-corrected chi connectivity index (χ4v) is 3.07. The molecule has 8 nitrogen and oxygen atoms in total. The van der Waals surface area contributed by atoms with Gasteiger partial charge < -0.3 is 25.5 Å². The first-order valence-corrected chi connectivity index (χ1v) is 10.7. The molecular weight excluding hydrogens is 398 g/mol. The lowest BCUT2D eigenvalue weighted by Crippen LogP contribution is -2.44. The number of aromatic nitrogens is 1. The van der Waals surface area contributed by atoms with Crippen LogP contribution in [0.3, 0.4) is 0 Å². The Morgan fingerprint density at radius 3 is 2.52 bits per heavy atom. The van der Waals surface area contributed by atoms with Crippen molar-refractivity contribution >= 4 is 28.7 Å². The van der Waals surface area contributed by atoms with Crippen LogP contribution >= 0.6 is 0 Å². The van der Waals surface area contributed by atoms with Gasteiger partial charge in [0.15, 0.2) is 0 Å². The third-order valence-corrected chi connectivity index (χ3v) is 4.84. The van der Waals surface area contributed by atoms with Crippen molar-refractivity contribution in [3.63, 3.8) is 0 Å². The summed E-state index contributed by atoms with van der Waals surface area (Å²) in [7, 11) is 0. The van der Waals surface area contributed by atoms with Crippen LogP contribution in [-0.4, -0.2) is 48.1 Å². The van der Waals surface area contributed by atoms with E-state index in [0.29, 0.717) is 12.5 Å². The van der Waals surface area contributed by atoms with Gasteiger partial charge in [-0.15, -0.1) is 0 Å². The summed E-state index contributed by atoms with van der Waals surface area (Å²) in [5.74, 6) is -0.999. The van der Waals surface area contributed by atoms with E-state index in [1.54, 1.807) is 6.92 Å². The highest BCUT2D eigenvalue weighted by atomic mass is 16.5. The molecule has 1 aromatic carbocycles. The Morgan fingerprint density at radius 2 is 1.84 bits per heavy atom. The Labute approximate surface area is 182 Å². The zero-order valence-electron chi connectivity index (χ0n) is 18.5. The summed E-state index contributed by atoms with van der Waals surface area (Å²) in [5.41, 5.74) is 7.52. The van der Waals surface area contributed by atoms with Gasteiger partial charge in [0, 0.05) is 24.1 Å². The predicted octanol–water partition coefficient (Wildman–Crippen LogP) is 2.46. The smallest absolute Gasteiger partial charge is 0.329 e. The number of H-pyrrole nitrogens is 1. The number of ether oxygens (including phenoxy) is 2. The first kappa shape index (κ1) is 24.4. The quantitative estimate of drug-likeness (QED) is 0.444. The Morgan fingerprint density at radius 1 is 1.10 bits per heavy atom. The number of nitrogens with two attached hydrogens (primary N) is 1. The highest BCUT2D eigenvalue weighted by Gasteiger charge is 2.25. The molecule has 2 rings (SSSR count). The molecule has 2 aromatic rings. The molecule has 170 valence electrons. The van der Waals surface area contributed by atoms with E-state index in [2.05, 4.69) is 10.3 Å². The van der Waals surface area contributed by atoms with E-state index in [4.69, 9.17) is 15.2 Å². The lowest BCUT2D eigenvalue weighted by molar-refractivity contribution is -0.148. The summed E-state index contributed by atoms with van der Waals surface area (Å²) in [4.78, 5) is 40.0. The Hall–Kier alpha value is -2.87. The average molecular weight is 432 g/mol. The van der Waals surface area contributed by atoms with Crippen molar-refractivity contribution in [1.82, 2.24) is 10.3 Å². The number of nitrogens with one attached hydrogen (secondary N) is 2. The van der Waals surface area contributed by atoms with E-state index in [9.17, 15) is 14.4 Å². The van der Waals surface area contributed by atoms with Crippen LogP contribution in [0.2, 0.25) is 0 Å². The van der Waals surface area contributed by atoms with Crippen LogP contribution in [0.25, 0.3) is 10.9 Å². The second-order valence-corrected chi connectivity index (χ2v) is 7.95. The summed E-state index contributed by atoms with van der Waals surface area (Å²) < 4.78 is 10.2. The van der Waals surface area contributed by atoms with Gasteiger partial charge in [-0.05, 0) is 43.2 Å². The van der Waals surface area contributed by atoms with Crippen LogP contribution in [0.15, 0.2) is 30.3 Å². The Balaban J connectivity index is 2.01. The molecule has 0 saturated heterocycles. The van der Waals surface area contributed by atoms with Crippen molar-refractivity contribution in [3.05, 3.63) is 36.0 Å². The molecule has 8 heteroatoms. The molecule has 2 atom stereocenters. The minimum absolute atomic E-state index is 0.00244. The molecule has 31 heavy (non-hydrogen) atoms. The van der Waals surface area contributed by atoms with Crippen LogP contribution in [0.4, 0.5) is 0 Å². The topological polar surface area (TPSA) is 124 Å². The number of amides is 1. The first-order chi connectivity index (χ1) is 14.8. The number of hydrogen-bond donors (Lipinski definition) is 3. The lowest BCUT2D eigenvalue weighted by atomic mass is 10.1.